The minimum absolute atomic E-state index is 0.744. The molecule has 0 aliphatic rings. The first kappa shape index (κ1) is 12.4. The lowest BCUT2D eigenvalue weighted by atomic mass is 10.2. The fourth-order valence-electron chi connectivity index (χ4n) is 1.51. The maximum absolute atomic E-state index is 5.92. The van der Waals surface area contributed by atoms with Crippen LogP contribution in [0.2, 0.25) is 5.02 Å². The number of nitrogens with zero attached hydrogens (tertiary/aromatic N) is 1. The maximum Gasteiger partial charge on any atom is 0.130 e. The number of nitrogens with one attached hydrogen (secondary N) is 1. The van der Waals surface area contributed by atoms with E-state index >= 15 is 0 Å². The number of halogens is 2. The number of benzene rings is 1. The second kappa shape index (κ2) is 5.07. The van der Waals surface area contributed by atoms with Gasteiger partial charge >= 0.3 is 0 Å². The number of rotatable bonds is 2. The Labute approximate surface area is 114 Å². The molecule has 0 amide bonds. The average Bonchev–Trinajstić information content (AvgIpc) is 2.27. The Kier molecular flexibility index (Phi) is 3.69. The van der Waals surface area contributed by atoms with Gasteiger partial charge in [0, 0.05) is 21.4 Å². The van der Waals surface area contributed by atoms with E-state index in [1.54, 1.807) is 6.20 Å². The summed E-state index contributed by atoms with van der Waals surface area (Å²) in [5, 5.41) is 4.02. The lowest BCUT2D eigenvalue weighted by Gasteiger charge is -2.10. The van der Waals surface area contributed by atoms with Gasteiger partial charge in [-0.25, -0.2) is 4.98 Å². The van der Waals surface area contributed by atoms with Gasteiger partial charge < -0.3 is 5.32 Å². The van der Waals surface area contributed by atoms with Gasteiger partial charge in [-0.05, 0) is 65.2 Å². The second-order valence-electron chi connectivity index (χ2n) is 3.90. The summed E-state index contributed by atoms with van der Waals surface area (Å²) in [6.07, 6.45) is 1.79. The van der Waals surface area contributed by atoms with E-state index in [9.17, 15) is 0 Å². The van der Waals surface area contributed by atoms with Gasteiger partial charge in [0.05, 0.1) is 0 Å². The summed E-state index contributed by atoms with van der Waals surface area (Å²) in [4.78, 5) is 4.31. The Hall–Kier alpha value is -1.06. The minimum atomic E-state index is 0.744. The molecule has 0 saturated heterocycles. The molecule has 0 aliphatic carbocycles. The molecule has 2 rings (SSSR count). The normalized spacial score (nSPS) is 10.4. The van der Waals surface area contributed by atoms with Crippen molar-refractivity contribution in [1.82, 2.24) is 4.98 Å². The van der Waals surface area contributed by atoms with Gasteiger partial charge in [-0.15, -0.1) is 0 Å². The van der Waals surface area contributed by atoms with Crippen molar-refractivity contribution in [1.29, 1.82) is 0 Å². The molecule has 1 heterocycles. The van der Waals surface area contributed by atoms with Crippen LogP contribution in [0.15, 0.2) is 34.9 Å². The summed E-state index contributed by atoms with van der Waals surface area (Å²) in [5.41, 5.74) is 3.26. The Bertz CT molecular complexity index is 555. The largest absolute Gasteiger partial charge is 0.340 e. The highest BCUT2D eigenvalue weighted by molar-refractivity contribution is 9.10. The lowest BCUT2D eigenvalue weighted by molar-refractivity contribution is 1.24. The van der Waals surface area contributed by atoms with Gasteiger partial charge in [0.15, 0.2) is 0 Å². The lowest BCUT2D eigenvalue weighted by Crippen LogP contribution is -1.96. The molecule has 2 nitrogen and oxygen atoms in total. The van der Waals surface area contributed by atoms with E-state index in [2.05, 4.69) is 26.2 Å². The number of hydrogen-bond acceptors (Lipinski definition) is 2. The SMILES string of the molecule is Cc1cc(Nc2ccc(Cl)cc2C)ncc1Br. The highest BCUT2D eigenvalue weighted by atomic mass is 79.9. The van der Waals surface area contributed by atoms with Crippen molar-refractivity contribution in [3.63, 3.8) is 0 Å². The molecule has 4 heteroatoms. The molecule has 0 spiro atoms. The molecule has 1 aromatic heterocycles. The number of anilines is 2. The summed E-state index contributed by atoms with van der Waals surface area (Å²) in [5.74, 6) is 0.830. The Morgan fingerprint density at radius 2 is 1.94 bits per heavy atom. The summed E-state index contributed by atoms with van der Waals surface area (Å²) < 4.78 is 1.01. The fraction of sp³-hybridized carbons (Fsp3) is 0.154. The van der Waals surface area contributed by atoms with Gasteiger partial charge in [0.25, 0.3) is 0 Å². The van der Waals surface area contributed by atoms with E-state index in [-0.39, 0.29) is 0 Å². The highest BCUT2D eigenvalue weighted by Gasteiger charge is 2.02. The Morgan fingerprint density at radius 3 is 2.59 bits per heavy atom. The average molecular weight is 312 g/mol. The van der Waals surface area contributed by atoms with E-state index in [4.69, 9.17) is 11.6 Å². The van der Waals surface area contributed by atoms with Crippen LogP contribution in [-0.2, 0) is 0 Å². The molecule has 1 N–H and O–H groups in total. The molecule has 1 aromatic carbocycles. The maximum atomic E-state index is 5.92. The minimum Gasteiger partial charge on any atom is -0.340 e. The number of pyridine rings is 1. The molecule has 0 fully saturated rings. The number of aromatic nitrogens is 1. The Morgan fingerprint density at radius 1 is 1.18 bits per heavy atom. The zero-order chi connectivity index (χ0) is 12.4. The smallest absolute Gasteiger partial charge is 0.130 e. The summed E-state index contributed by atoms with van der Waals surface area (Å²) in [6, 6.07) is 7.74. The van der Waals surface area contributed by atoms with Crippen molar-refractivity contribution < 1.29 is 0 Å². The summed E-state index contributed by atoms with van der Waals surface area (Å²) >= 11 is 9.35. The topological polar surface area (TPSA) is 24.9 Å². The molecular formula is C13H12BrClN2. The predicted octanol–water partition coefficient (Wildman–Crippen LogP) is 4.86. The monoisotopic (exact) mass is 310 g/mol. The van der Waals surface area contributed by atoms with E-state index < -0.39 is 0 Å². The molecule has 0 bridgehead atoms. The molecule has 0 aliphatic heterocycles. The summed E-state index contributed by atoms with van der Waals surface area (Å²) in [6.45, 7) is 4.05. The first-order valence-electron chi connectivity index (χ1n) is 5.21. The van der Waals surface area contributed by atoms with Gasteiger partial charge in [0.1, 0.15) is 5.82 Å². The van der Waals surface area contributed by atoms with Crippen LogP contribution in [0.25, 0.3) is 0 Å². The Balaban J connectivity index is 2.28. The van der Waals surface area contributed by atoms with Gasteiger partial charge in [-0.3, -0.25) is 0 Å². The van der Waals surface area contributed by atoms with E-state index in [1.807, 2.05) is 38.1 Å². The van der Waals surface area contributed by atoms with Gasteiger partial charge in [0.2, 0.25) is 0 Å². The first-order valence-corrected chi connectivity index (χ1v) is 6.38. The summed E-state index contributed by atoms with van der Waals surface area (Å²) in [7, 11) is 0. The quantitative estimate of drug-likeness (QED) is 0.857. The third-order valence-electron chi connectivity index (χ3n) is 2.50. The van der Waals surface area contributed by atoms with Crippen LogP contribution in [0, 0.1) is 13.8 Å². The van der Waals surface area contributed by atoms with E-state index in [0.29, 0.717) is 0 Å². The van der Waals surface area contributed by atoms with E-state index in [1.165, 1.54) is 0 Å². The molecular weight excluding hydrogens is 300 g/mol. The highest BCUT2D eigenvalue weighted by Crippen LogP contribution is 2.24. The third kappa shape index (κ3) is 2.99. The molecule has 17 heavy (non-hydrogen) atoms. The van der Waals surface area contributed by atoms with Crippen LogP contribution in [0.3, 0.4) is 0 Å². The van der Waals surface area contributed by atoms with Crippen LogP contribution in [0.4, 0.5) is 11.5 Å². The molecule has 88 valence electrons. The van der Waals surface area contributed by atoms with Crippen LogP contribution < -0.4 is 5.32 Å². The number of hydrogen-bond donors (Lipinski definition) is 1. The second-order valence-corrected chi connectivity index (χ2v) is 5.19. The molecule has 0 atom stereocenters. The van der Waals surface area contributed by atoms with Crippen molar-refractivity contribution in [2.45, 2.75) is 13.8 Å². The molecule has 2 aromatic rings. The molecule has 0 unspecified atom stereocenters. The van der Waals surface area contributed by atoms with Crippen LogP contribution in [0.5, 0.6) is 0 Å². The van der Waals surface area contributed by atoms with E-state index in [0.717, 1.165) is 32.1 Å². The zero-order valence-corrected chi connectivity index (χ0v) is 11.9. The standard InChI is InChI=1S/C13H12BrClN2/c1-8-6-13(16-7-11(8)14)17-12-4-3-10(15)5-9(12)2/h3-7H,1-2H3,(H,16,17). The molecule has 0 saturated carbocycles. The zero-order valence-electron chi connectivity index (χ0n) is 9.59. The fourth-order valence-corrected chi connectivity index (χ4v) is 1.96. The van der Waals surface area contributed by atoms with Crippen molar-refractivity contribution in [3.8, 4) is 0 Å². The third-order valence-corrected chi connectivity index (χ3v) is 3.56. The van der Waals surface area contributed by atoms with Crippen molar-refractivity contribution >= 4 is 39.0 Å². The van der Waals surface area contributed by atoms with Crippen LogP contribution in [0.1, 0.15) is 11.1 Å². The predicted molar refractivity (Wildman–Crippen MR) is 76.1 cm³/mol. The number of aryl methyl sites for hydroxylation is 2. The van der Waals surface area contributed by atoms with Crippen molar-refractivity contribution in [2.75, 3.05) is 5.32 Å². The van der Waals surface area contributed by atoms with Gasteiger partial charge in [-0.2, -0.15) is 0 Å². The van der Waals surface area contributed by atoms with Crippen LogP contribution in [-0.4, -0.2) is 4.98 Å². The van der Waals surface area contributed by atoms with Crippen LogP contribution >= 0.6 is 27.5 Å². The first-order chi connectivity index (χ1) is 8.06. The molecule has 0 radical (unpaired) electrons. The van der Waals surface area contributed by atoms with Gasteiger partial charge in [-0.1, -0.05) is 11.6 Å². The van der Waals surface area contributed by atoms with Crippen molar-refractivity contribution in [3.05, 3.63) is 51.1 Å². The van der Waals surface area contributed by atoms with Crippen molar-refractivity contribution in [2.24, 2.45) is 0 Å².